The van der Waals surface area contributed by atoms with E-state index in [1.807, 2.05) is 41.5 Å². The molecule has 0 aliphatic carbocycles. The molecule has 0 spiro atoms. The van der Waals surface area contributed by atoms with Crippen LogP contribution in [0.15, 0.2) is 0 Å². The summed E-state index contributed by atoms with van der Waals surface area (Å²) >= 11 is 0. The van der Waals surface area contributed by atoms with Gasteiger partial charge < -0.3 is 10.8 Å². The first-order valence-corrected chi connectivity index (χ1v) is 4.47. The number of rotatable bonds is 1. The van der Waals surface area contributed by atoms with E-state index in [0.717, 1.165) is 0 Å². The number of nitrogens with two attached hydrogens (primary N) is 1. The van der Waals surface area contributed by atoms with Gasteiger partial charge in [0.1, 0.15) is 5.54 Å². The van der Waals surface area contributed by atoms with Gasteiger partial charge in [-0.3, -0.25) is 4.79 Å². The van der Waals surface area contributed by atoms with Gasteiger partial charge in [0.25, 0.3) is 0 Å². The summed E-state index contributed by atoms with van der Waals surface area (Å²) in [5, 5.41) is 9.18. The SMILES string of the molecule is CC(C)(C)C(N)(C(=O)O)C(C)(C)C. The molecular weight excluding hydrogens is 166 g/mol. The average molecular weight is 187 g/mol. The third-order valence-electron chi connectivity index (χ3n) is 2.70. The van der Waals surface area contributed by atoms with E-state index in [9.17, 15) is 9.90 Å². The number of aliphatic carboxylic acids is 1. The van der Waals surface area contributed by atoms with Gasteiger partial charge >= 0.3 is 5.97 Å². The molecule has 3 N–H and O–H groups in total. The van der Waals surface area contributed by atoms with E-state index in [1.54, 1.807) is 0 Å². The van der Waals surface area contributed by atoms with Crippen molar-refractivity contribution in [2.24, 2.45) is 16.6 Å². The summed E-state index contributed by atoms with van der Waals surface area (Å²) in [6.45, 7) is 11.1. The summed E-state index contributed by atoms with van der Waals surface area (Å²) in [6, 6.07) is 0. The molecule has 0 bridgehead atoms. The van der Waals surface area contributed by atoms with E-state index < -0.39 is 22.3 Å². The quantitative estimate of drug-likeness (QED) is 0.658. The molecule has 0 atom stereocenters. The Morgan fingerprint density at radius 1 is 1.00 bits per heavy atom. The van der Waals surface area contributed by atoms with E-state index in [1.165, 1.54) is 0 Å². The number of carbonyl (C=O) groups is 1. The van der Waals surface area contributed by atoms with E-state index in [-0.39, 0.29) is 0 Å². The molecular formula is C10H21NO2. The summed E-state index contributed by atoms with van der Waals surface area (Å²) in [5.74, 6) is -0.938. The zero-order valence-corrected chi connectivity index (χ0v) is 9.43. The molecule has 0 amide bonds. The van der Waals surface area contributed by atoms with Gasteiger partial charge in [0.2, 0.25) is 0 Å². The average Bonchev–Trinajstić information content (AvgIpc) is 1.80. The Labute approximate surface area is 80.3 Å². The van der Waals surface area contributed by atoms with Gasteiger partial charge in [-0.05, 0) is 10.8 Å². The molecule has 13 heavy (non-hydrogen) atoms. The molecule has 0 heterocycles. The molecule has 0 saturated carbocycles. The highest BCUT2D eigenvalue weighted by Gasteiger charge is 2.53. The van der Waals surface area contributed by atoms with Crippen LogP contribution in [0.2, 0.25) is 0 Å². The molecule has 3 nitrogen and oxygen atoms in total. The Hall–Kier alpha value is -0.570. The summed E-state index contributed by atoms with van der Waals surface area (Å²) < 4.78 is 0. The van der Waals surface area contributed by atoms with Crippen LogP contribution >= 0.6 is 0 Å². The summed E-state index contributed by atoms with van der Waals surface area (Å²) in [7, 11) is 0. The number of hydrogen-bond acceptors (Lipinski definition) is 2. The van der Waals surface area contributed by atoms with E-state index in [2.05, 4.69) is 0 Å². The monoisotopic (exact) mass is 187 g/mol. The lowest BCUT2D eigenvalue weighted by Crippen LogP contribution is -2.65. The van der Waals surface area contributed by atoms with Gasteiger partial charge in [-0.2, -0.15) is 0 Å². The third kappa shape index (κ3) is 1.85. The normalized spacial score (nSPS) is 14.4. The molecule has 0 rings (SSSR count). The van der Waals surface area contributed by atoms with E-state index >= 15 is 0 Å². The lowest BCUT2D eigenvalue weighted by molar-refractivity contribution is -0.154. The van der Waals surface area contributed by atoms with Crippen LogP contribution in [-0.4, -0.2) is 16.6 Å². The topological polar surface area (TPSA) is 63.3 Å². The van der Waals surface area contributed by atoms with Crippen molar-refractivity contribution in [1.29, 1.82) is 0 Å². The molecule has 0 aliphatic heterocycles. The van der Waals surface area contributed by atoms with Crippen LogP contribution in [-0.2, 0) is 4.79 Å². The van der Waals surface area contributed by atoms with Gasteiger partial charge in [0.15, 0.2) is 0 Å². The Kier molecular flexibility index (Phi) is 2.85. The van der Waals surface area contributed by atoms with Crippen molar-refractivity contribution in [2.45, 2.75) is 47.1 Å². The van der Waals surface area contributed by atoms with Crippen molar-refractivity contribution in [3.8, 4) is 0 Å². The fourth-order valence-electron chi connectivity index (χ4n) is 1.77. The molecule has 0 unspecified atom stereocenters. The summed E-state index contributed by atoms with van der Waals surface area (Å²) in [4.78, 5) is 11.2. The van der Waals surface area contributed by atoms with Crippen LogP contribution in [0.3, 0.4) is 0 Å². The molecule has 0 fully saturated rings. The predicted molar refractivity (Wildman–Crippen MR) is 53.5 cm³/mol. The van der Waals surface area contributed by atoms with Gasteiger partial charge in [0, 0.05) is 0 Å². The van der Waals surface area contributed by atoms with E-state index in [4.69, 9.17) is 5.73 Å². The minimum Gasteiger partial charge on any atom is -0.480 e. The maximum absolute atomic E-state index is 11.2. The molecule has 0 aromatic rings. The van der Waals surface area contributed by atoms with Gasteiger partial charge in [0.05, 0.1) is 0 Å². The minimum atomic E-state index is -1.21. The highest BCUT2D eigenvalue weighted by Crippen LogP contribution is 2.41. The fourth-order valence-corrected chi connectivity index (χ4v) is 1.77. The van der Waals surface area contributed by atoms with Crippen molar-refractivity contribution in [1.82, 2.24) is 0 Å². The van der Waals surface area contributed by atoms with Crippen LogP contribution < -0.4 is 5.73 Å². The third-order valence-corrected chi connectivity index (χ3v) is 2.70. The van der Waals surface area contributed by atoms with Gasteiger partial charge in [-0.1, -0.05) is 41.5 Å². The summed E-state index contributed by atoms with van der Waals surface area (Å²) in [5.41, 5.74) is 3.86. The predicted octanol–water partition coefficient (Wildman–Crippen LogP) is 1.86. The first kappa shape index (κ1) is 12.4. The van der Waals surface area contributed by atoms with Crippen LogP contribution in [0.5, 0.6) is 0 Å². The molecule has 0 aliphatic rings. The van der Waals surface area contributed by atoms with Crippen LogP contribution in [0, 0.1) is 10.8 Å². The Balaban J connectivity index is 5.35. The van der Waals surface area contributed by atoms with Gasteiger partial charge in [-0.15, -0.1) is 0 Å². The smallest absolute Gasteiger partial charge is 0.324 e. The first-order chi connectivity index (χ1) is 5.44. The van der Waals surface area contributed by atoms with Crippen molar-refractivity contribution >= 4 is 5.97 Å². The van der Waals surface area contributed by atoms with Gasteiger partial charge in [-0.25, -0.2) is 0 Å². The molecule has 0 aromatic carbocycles. The van der Waals surface area contributed by atoms with Crippen molar-refractivity contribution in [2.75, 3.05) is 0 Å². The second kappa shape index (κ2) is 2.98. The molecule has 3 heteroatoms. The fraction of sp³-hybridized carbons (Fsp3) is 0.900. The van der Waals surface area contributed by atoms with E-state index in [0.29, 0.717) is 0 Å². The standard InChI is InChI=1S/C10H21NO2/c1-8(2,3)10(11,7(12)13)9(4,5)6/h11H2,1-6H3,(H,12,13). The Morgan fingerprint density at radius 3 is 1.23 bits per heavy atom. The Morgan fingerprint density at radius 2 is 1.23 bits per heavy atom. The highest BCUT2D eigenvalue weighted by atomic mass is 16.4. The zero-order valence-electron chi connectivity index (χ0n) is 9.43. The van der Waals surface area contributed by atoms with Crippen molar-refractivity contribution < 1.29 is 9.90 Å². The van der Waals surface area contributed by atoms with Crippen molar-refractivity contribution in [3.05, 3.63) is 0 Å². The number of carboxylic acid groups (broad SMARTS) is 1. The van der Waals surface area contributed by atoms with Crippen molar-refractivity contribution in [3.63, 3.8) is 0 Å². The zero-order chi connectivity index (χ0) is 11.1. The lowest BCUT2D eigenvalue weighted by atomic mass is 9.60. The largest absolute Gasteiger partial charge is 0.480 e. The number of carboxylic acids is 1. The van der Waals surface area contributed by atoms with Crippen LogP contribution in [0.25, 0.3) is 0 Å². The second-order valence-corrected chi connectivity index (χ2v) is 5.61. The lowest BCUT2D eigenvalue weighted by Gasteiger charge is -2.47. The molecule has 78 valence electrons. The maximum atomic E-state index is 11.2. The highest BCUT2D eigenvalue weighted by molar-refractivity contribution is 5.80. The molecule has 0 saturated heterocycles. The number of hydrogen-bond donors (Lipinski definition) is 2. The molecule has 0 aromatic heterocycles. The second-order valence-electron chi connectivity index (χ2n) is 5.61. The minimum absolute atomic E-state index is 0.461. The summed E-state index contributed by atoms with van der Waals surface area (Å²) in [6.07, 6.45) is 0. The Bertz CT molecular complexity index is 194. The van der Waals surface area contributed by atoms with Crippen LogP contribution in [0.1, 0.15) is 41.5 Å². The maximum Gasteiger partial charge on any atom is 0.324 e. The first-order valence-electron chi connectivity index (χ1n) is 4.47. The molecule has 0 radical (unpaired) electrons. The van der Waals surface area contributed by atoms with Crippen LogP contribution in [0.4, 0.5) is 0 Å².